The van der Waals surface area contributed by atoms with Crippen LogP contribution in [0.25, 0.3) is 0 Å². The van der Waals surface area contributed by atoms with E-state index in [4.69, 9.17) is 4.42 Å². The van der Waals surface area contributed by atoms with Crippen molar-refractivity contribution < 1.29 is 17.6 Å². The molecule has 0 aliphatic rings. The predicted molar refractivity (Wildman–Crippen MR) is 65.8 cm³/mol. The summed E-state index contributed by atoms with van der Waals surface area (Å²) in [7, 11) is 1.61. The summed E-state index contributed by atoms with van der Waals surface area (Å²) in [6.07, 6.45) is -4.38. The molecule has 0 bridgehead atoms. The summed E-state index contributed by atoms with van der Waals surface area (Å²) in [5.41, 5.74) is -0.491. The summed E-state index contributed by atoms with van der Waals surface area (Å²) in [6.45, 7) is 1.76. The molecule has 0 aliphatic heterocycles. The van der Waals surface area contributed by atoms with Gasteiger partial charge >= 0.3 is 6.18 Å². The molecule has 1 heterocycles. The van der Waals surface area contributed by atoms with Gasteiger partial charge in [0.05, 0.1) is 11.6 Å². The van der Waals surface area contributed by atoms with Crippen LogP contribution < -0.4 is 5.32 Å². The summed E-state index contributed by atoms with van der Waals surface area (Å²) in [5.74, 6) is 1.14. The topological polar surface area (TPSA) is 25.2 Å². The Kier molecular flexibility index (Phi) is 3.66. The minimum Gasteiger partial charge on any atom is -0.464 e. The fourth-order valence-electron chi connectivity index (χ4n) is 2.07. The number of hydrogen-bond acceptors (Lipinski definition) is 2. The Balaban J connectivity index is 2.50. The largest absolute Gasteiger partial charge is 0.464 e. The zero-order chi connectivity index (χ0) is 14.0. The second-order valence-electron chi connectivity index (χ2n) is 4.26. The molecule has 1 N–H and O–H groups in total. The first-order valence-corrected chi connectivity index (χ1v) is 5.83. The molecule has 1 unspecified atom stereocenters. The first-order chi connectivity index (χ1) is 8.93. The van der Waals surface area contributed by atoms with Crippen molar-refractivity contribution in [2.24, 2.45) is 0 Å². The van der Waals surface area contributed by atoms with Gasteiger partial charge in [0.1, 0.15) is 11.5 Å². The Hall–Kier alpha value is -1.75. The number of alkyl halides is 3. The van der Waals surface area contributed by atoms with Crippen molar-refractivity contribution in [3.05, 3.63) is 59.0 Å². The SMILES string of the molecule is CNC(c1ccc(C)o1)c1ccccc1C(F)(F)F. The Morgan fingerprint density at radius 1 is 1.11 bits per heavy atom. The maximum absolute atomic E-state index is 13.0. The predicted octanol–water partition coefficient (Wildman–Crippen LogP) is 3.92. The number of benzene rings is 1. The maximum atomic E-state index is 13.0. The maximum Gasteiger partial charge on any atom is 0.416 e. The molecular weight excluding hydrogens is 255 g/mol. The van der Waals surface area contributed by atoms with E-state index in [9.17, 15) is 13.2 Å². The molecule has 0 aliphatic carbocycles. The third-order valence-corrected chi connectivity index (χ3v) is 2.91. The zero-order valence-corrected chi connectivity index (χ0v) is 10.6. The number of aryl methyl sites for hydroxylation is 1. The van der Waals surface area contributed by atoms with Crippen LogP contribution in [0.15, 0.2) is 40.8 Å². The zero-order valence-electron chi connectivity index (χ0n) is 10.6. The third-order valence-electron chi connectivity index (χ3n) is 2.91. The highest BCUT2D eigenvalue weighted by Crippen LogP contribution is 2.36. The van der Waals surface area contributed by atoms with Gasteiger partial charge in [0.15, 0.2) is 0 Å². The van der Waals surface area contributed by atoms with E-state index in [0.29, 0.717) is 11.5 Å². The molecule has 0 radical (unpaired) electrons. The molecule has 0 saturated carbocycles. The highest BCUT2D eigenvalue weighted by molar-refractivity contribution is 5.36. The van der Waals surface area contributed by atoms with Crippen molar-refractivity contribution >= 4 is 0 Å². The summed E-state index contributed by atoms with van der Waals surface area (Å²) < 4.78 is 44.5. The average molecular weight is 269 g/mol. The van der Waals surface area contributed by atoms with E-state index in [2.05, 4.69) is 5.32 Å². The molecule has 0 spiro atoms. The van der Waals surface area contributed by atoms with Gasteiger partial charge in [0.2, 0.25) is 0 Å². The van der Waals surface area contributed by atoms with Gasteiger partial charge in [0, 0.05) is 0 Å². The molecule has 1 aromatic carbocycles. The second kappa shape index (κ2) is 5.09. The first-order valence-electron chi connectivity index (χ1n) is 5.83. The van der Waals surface area contributed by atoms with Gasteiger partial charge in [-0.15, -0.1) is 0 Å². The molecule has 0 fully saturated rings. The van der Waals surface area contributed by atoms with Crippen LogP contribution in [-0.4, -0.2) is 7.05 Å². The Labute approximate surface area is 109 Å². The highest BCUT2D eigenvalue weighted by Gasteiger charge is 2.35. The van der Waals surface area contributed by atoms with Crippen molar-refractivity contribution in [1.29, 1.82) is 0 Å². The first kappa shape index (κ1) is 13.7. The molecule has 5 heteroatoms. The number of hydrogen-bond donors (Lipinski definition) is 1. The molecule has 2 aromatic rings. The molecule has 0 saturated heterocycles. The molecule has 2 rings (SSSR count). The van der Waals surface area contributed by atoms with Gasteiger partial charge in [-0.2, -0.15) is 13.2 Å². The average Bonchev–Trinajstić information content (AvgIpc) is 2.76. The van der Waals surface area contributed by atoms with Gasteiger partial charge in [-0.05, 0) is 37.7 Å². The van der Waals surface area contributed by atoms with Gasteiger partial charge in [-0.25, -0.2) is 0 Å². The van der Waals surface area contributed by atoms with E-state index in [0.717, 1.165) is 6.07 Å². The van der Waals surface area contributed by atoms with Gasteiger partial charge in [0.25, 0.3) is 0 Å². The Morgan fingerprint density at radius 3 is 2.32 bits per heavy atom. The van der Waals surface area contributed by atoms with E-state index in [1.807, 2.05) is 0 Å². The van der Waals surface area contributed by atoms with Crippen LogP contribution in [0, 0.1) is 6.92 Å². The van der Waals surface area contributed by atoms with Crippen LogP contribution in [0.4, 0.5) is 13.2 Å². The molecule has 102 valence electrons. The van der Waals surface area contributed by atoms with Crippen molar-refractivity contribution in [2.75, 3.05) is 7.05 Å². The molecule has 0 amide bonds. The van der Waals surface area contributed by atoms with E-state index in [1.54, 1.807) is 32.2 Å². The smallest absolute Gasteiger partial charge is 0.416 e. The Bertz CT molecular complexity index is 560. The molecular formula is C14H14F3NO. The normalized spacial score (nSPS) is 13.5. The van der Waals surface area contributed by atoms with Crippen molar-refractivity contribution in [3.8, 4) is 0 Å². The van der Waals surface area contributed by atoms with E-state index < -0.39 is 17.8 Å². The number of rotatable bonds is 3. The summed E-state index contributed by atoms with van der Waals surface area (Å²) in [6, 6.07) is 8.31. The lowest BCUT2D eigenvalue weighted by molar-refractivity contribution is -0.138. The summed E-state index contributed by atoms with van der Waals surface area (Å²) in [4.78, 5) is 0. The standard InChI is InChI=1S/C14H14F3NO/c1-9-7-8-12(19-9)13(18-2)10-5-3-4-6-11(10)14(15,16)17/h3-8,13,18H,1-2H3. The number of nitrogens with one attached hydrogen (secondary N) is 1. The fraction of sp³-hybridized carbons (Fsp3) is 0.286. The number of halogens is 3. The van der Waals surface area contributed by atoms with Gasteiger partial charge in [-0.3, -0.25) is 0 Å². The van der Waals surface area contributed by atoms with E-state index in [-0.39, 0.29) is 5.56 Å². The monoisotopic (exact) mass is 269 g/mol. The van der Waals surface area contributed by atoms with Gasteiger partial charge in [-0.1, -0.05) is 18.2 Å². The van der Waals surface area contributed by atoms with Gasteiger partial charge < -0.3 is 9.73 Å². The summed E-state index contributed by atoms with van der Waals surface area (Å²) >= 11 is 0. The molecule has 1 atom stereocenters. The summed E-state index contributed by atoms with van der Waals surface area (Å²) in [5, 5.41) is 2.87. The van der Waals surface area contributed by atoms with Crippen molar-refractivity contribution in [1.82, 2.24) is 5.32 Å². The highest BCUT2D eigenvalue weighted by atomic mass is 19.4. The van der Waals surface area contributed by atoms with E-state index in [1.165, 1.54) is 12.1 Å². The molecule has 2 nitrogen and oxygen atoms in total. The minimum atomic E-state index is -4.38. The molecule has 1 aromatic heterocycles. The fourth-order valence-corrected chi connectivity index (χ4v) is 2.07. The quantitative estimate of drug-likeness (QED) is 0.913. The minimum absolute atomic E-state index is 0.159. The van der Waals surface area contributed by atoms with Crippen LogP contribution in [0.2, 0.25) is 0 Å². The lowest BCUT2D eigenvalue weighted by Crippen LogP contribution is -2.21. The van der Waals surface area contributed by atoms with Crippen LogP contribution in [0.3, 0.4) is 0 Å². The lowest BCUT2D eigenvalue weighted by Gasteiger charge is -2.19. The van der Waals surface area contributed by atoms with E-state index >= 15 is 0 Å². The lowest BCUT2D eigenvalue weighted by atomic mass is 9.98. The van der Waals surface area contributed by atoms with Crippen LogP contribution in [0.1, 0.15) is 28.7 Å². The Morgan fingerprint density at radius 2 is 1.79 bits per heavy atom. The third kappa shape index (κ3) is 2.81. The van der Waals surface area contributed by atoms with Crippen LogP contribution in [-0.2, 0) is 6.18 Å². The second-order valence-corrected chi connectivity index (χ2v) is 4.26. The van der Waals surface area contributed by atoms with Crippen LogP contribution in [0.5, 0.6) is 0 Å². The van der Waals surface area contributed by atoms with Crippen molar-refractivity contribution in [2.45, 2.75) is 19.1 Å². The molecule has 19 heavy (non-hydrogen) atoms. The number of furan rings is 1. The van der Waals surface area contributed by atoms with Crippen molar-refractivity contribution in [3.63, 3.8) is 0 Å². The van der Waals surface area contributed by atoms with Crippen LogP contribution >= 0.6 is 0 Å².